The predicted octanol–water partition coefficient (Wildman–Crippen LogP) is 1.83. The van der Waals surface area contributed by atoms with Crippen molar-refractivity contribution in [2.45, 2.75) is 32.2 Å². The molecule has 0 radical (unpaired) electrons. The summed E-state index contributed by atoms with van der Waals surface area (Å²) in [5.41, 5.74) is 1.85. The third-order valence-electron chi connectivity index (χ3n) is 3.25. The van der Waals surface area contributed by atoms with Gasteiger partial charge in [-0.2, -0.15) is 0 Å². The molecule has 3 N–H and O–H groups in total. The molecule has 0 aromatic heterocycles. The van der Waals surface area contributed by atoms with E-state index in [4.69, 9.17) is 9.84 Å². The number of anilines is 1. The number of rotatable bonds is 9. The average molecular weight is 308 g/mol. The van der Waals surface area contributed by atoms with Gasteiger partial charge >= 0.3 is 5.97 Å². The molecule has 1 aromatic rings. The number of carboxylic acid groups (broad SMARTS) is 1. The van der Waals surface area contributed by atoms with E-state index in [1.165, 1.54) is 12.7 Å². The van der Waals surface area contributed by atoms with E-state index < -0.39 is 12.0 Å². The highest BCUT2D eigenvalue weighted by atomic mass is 16.5. The van der Waals surface area contributed by atoms with Crippen LogP contribution in [0.1, 0.15) is 31.7 Å². The van der Waals surface area contributed by atoms with Gasteiger partial charge in [0.1, 0.15) is 6.04 Å². The fourth-order valence-electron chi connectivity index (χ4n) is 1.93. The van der Waals surface area contributed by atoms with E-state index >= 15 is 0 Å². The molecule has 0 bridgehead atoms. The van der Waals surface area contributed by atoms with Gasteiger partial charge in [0, 0.05) is 19.3 Å². The summed E-state index contributed by atoms with van der Waals surface area (Å²) in [6, 6.07) is 6.62. The summed E-state index contributed by atoms with van der Waals surface area (Å²) in [7, 11) is 1.53. The molecule has 1 atom stereocenters. The molecule has 1 aromatic carbocycles. The van der Waals surface area contributed by atoms with E-state index in [1.807, 2.05) is 24.3 Å². The Hall–Kier alpha value is -1.92. The van der Waals surface area contributed by atoms with Crippen LogP contribution in [0.4, 0.5) is 5.69 Å². The SMILES string of the molecule is COCCNC(CC(=O)Nc1ccc(C(C)C)cc1)C(=O)O. The molecular formula is C16H24N2O4. The van der Waals surface area contributed by atoms with Gasteiger partial charge in [0.25, 0.3) is 0 Å². The highest BCUT2D eigenvalue weighted by Gasteiger charge is 2.20. The molecule has 122 valence electrons. The van der Waals surface area contributed by atoms with Crippen molar-refractivity contribution in [2.24, 2.45) is 0 Å². The van der Waals surface area contributed by atoms with Crippen molar-refractivity contribution >= 4 is 17.6 Å². The van der Waals surface area contributed by atoms with Crippen LogP contribution in [0.2, 0.25) is 0 Å². The Morgan fingerprint density at radius 2 is 1.86 bits per heavy atom. The first-order valence-corrected chi connectivity index (χ1v) is 7.29. The molecule has 0 aliphatic heterocycles. The normalized spacial score (nSPS) is 12.2. The molecule has 22 heavy (non-hydrogen) atoms. The van der Waals surface area contributed by atoms with Crippen LogP contribution >= 0.6 is 0 Å². The number of nitrogens with one attached hydrogen (secondary N) is 2. The maximum atomic E-state index is 11.9. The summed E-state index contributed by atoms with van der Waals surface area (Å²) in [5, 5.41) is 14.6. The van der Waals surface area contributed by atoms with Crippen molar-refractivity contribution in [3.8, 4) is 0 Å². The van der Waals surface area contributed by atoms with E-state index in [1.54, 1.807) is 0 Å². The van der Waals surface area contributed by atoms with Crippen molar-refractivity contribution in [3.63, 3.8) is 0 Å². The first-order valence-electron chi connectivity index (χ1n) is 7.29. The Labute approximate surface area is 130 Å². The minimum Gasteiger partial charge on any atom is -0.480 e. The van der Waals surface area contributed by atoms with Gasteiger partial charge in [0.15, 0.2) is 0 Å². The fraction of sp³-hybridized carbons (Fsp3) is 0.500. The lowest BCUT2D eigenvalue weighted by molar-refractivity contribution is -0.141. The Bertz CT molecular complexity index is 485. The van der Waals surface area contributed by atoms with Gasteiger partial charge in [0.05, 0.1) is 13.0 Å². The van der Waals surface area contributed by atoms with Gasteiger partial charge in [-0.15, -0.1) is 0 Å². The predicted molar refractivity (Wildman–Crippen MR) is 85.1 cm³/mol. The van der Waals surface area contributed by atoms with Crippen LogP contribution < -0.4 is 10.6 Å². The third kappa shape index (κ3) is 6.24. The zero-order valence-electron chi connectivity index (χ0n) is 13.3. The maximum absolute atomic E-state index is 11.9. The minimum absolute atomic E-state index is 0.134. The quantitative estimate of drug-likeness (QED) is 0.606. The van der Waals surface area contributed by atoms with Gasteiger partial charge in [-0.3, -0.25) is 9.59 Å². The van der Waals surface area contributed by atoms with Crippen LogP contribution in [0.25, 0.3) is 0 Å². The number of carbonyl (C=O) groups is 2. The second kappa shape index (κ2) is 9.17. The zero-order valence-corrected chi connectivity index (χ0v) is 13.3. The number of benzene rings is 1. The largest absolute Gasteiger partial charge is 0.480 e. The Kier molecular flexibility index (Phi) is 7.56. The summed E-state index contributed by atoms with van der Waals surface area (Å²) in [6.07, 6.45) is -0.134. The van der Waals surface area contributed by atoms with Gasteiger partial charge in [-0.1, -0.05) is 26.0 Å². The Morgan fingerprint density at radius 1 is 1.23 bits per heavy atom. The number of carbonyl (C=O) groups excluding carboxylic acids is 1. The molecule has 0 aliphatic carbocycles. The van der Waals surface area contributed by atoms with Crippen LogP contribution in [0.3, 0.4) is 0 Å². The molecule has 1 unspecified atom stereocenters. The number of aliphatic carboxylic acids is 1. The molecule has 6 heteroatoms. The van der Waals surface area contributed by atoms with Crippen LogP contribution in [-0.4, -0.2) is 43.3 Å². The zero-order chi connectivity index (χ0) is 16.5. The van der Waals surface area contributed by atoms with E-state index in [0.29, 0.717) is 24.8 Å². The Morgan fingerprint density at radius 3 is 2.36 bits per heavy atom. The lowest BCUT2D eigenvalue weighted by Crippen LogP contribution is -2.41. The maximum Gasteiger partial charge on any atom is 0.321 e. The van der Waals surface area contributed by atoms with Crippen LogP contribution in [0.5, 0.6) is 0 Å². The van der Waals surface area contributed by atoms with E-state index in [9.17, 15) is 9.59 Å². The smallest absolute Gasteiger partial charge is 0.321 e. The molecule has 0 saturated carbocycles. The first kappa shape index (κ1) is 18.1. The van der Waals surface area contributed by atoms with Crippen LogP contribution in [0.15, 0.2) is 24.3 Å². The van der Waals surface area contributed by atoms with Crippen molar-refractivity contribution in [3.05, 3.63) is 29.8 Å². The number of hydrogen-bond acceptors (Lipinski definition) is 4. The van der Waals surface area contributed by atoms with Gasteiger partial charge < -0.3 is 20.5 Å². The molecule has 1 rings (SSSR count). The fourth-order valence-corrected chi connectivity index (χ4v) is 1.93. The third-order valence-corrected chi connectivity index (χ3v) is 3.25. The topological polar surface area (TPSA) is 87.7 Å². The molecule has 0 saturated heterocycles. The highest BCUT2D eigenvalue weighted by molar-refractivity contribution is 5.94. The second-order valence-electron chi connectivity index (χ2n) is 5.37. The van der Waals surface area contributed by atoms with Gasteiger partial charge in [-0.05, 0) is 23.6 Å². The molecule has 0 fully saturated rings. The van der Waals surface area contributed by atoms with E-state index in [2.05, 4.69) is 24.5 Å². The van der Waals surface area contributed by atoms with Crippen LogP contribution in [0, 0.1) is 0 Å². The number of methoxy groups -OCH3 is 1. The molecule has 0 heterocycles. The summed E-state index contributed by atoms with van der Waals surface area (Å²) < 4.78 is 4.85. The van der Waals surface area contributed by atoms with Crippen molar-refractivity contribution in [1.29, 1.82) is 0 Å². The Balaban J connectivity index is 2.53. The molecule has 0 spiro atoms. The number of carboxylic acids is 1. The van der Waals surface area contributed by atoms with Crippen LogP contribution in [-0.2, 0) is 14.3 Å². The lowest BCUT2D eigenvalue weighted by Gasteiger charge is -2.14. The summed E-state index contributed by atoms with van der Waals surface area (Å²) in [4.78, 5) is 23.1. The second-order valence-corrected chi connectivity index (χ2v) is 5.37. The summed E-state index contributed by atoms with van der Waals surface area (Å²) >= 11 is 0. The van der Waals surface area contributed by atoms with E-state index in [-0.39, 0.29) is 12.3 Å². The molecule has 1 amide bonds. The van der Waals surface area contributed by atoms with Crippen molar-refractivity contribution in [2.75, 3.05) is 25.6 Å². The summed E-state index contributed by atoms with van der Waals surface area (Å²) in [6.45, 7) is 4.96. The monoisotopic (exact) mass is 308 g/mol. The van der Waals surface area contributed by atoms with Gasteiger partial charge in [0.2, 0.25) is 5.91 Å². The molecular weight excluding hydrogens is 284 g/mol. The lowest BCUT2D eigenvalue weighted by atomic mass is 10.0. The minimum atomic E-state index is -1.05. The van der Waals surface area contributed by atoms with Gasteiger partial charge in [-0.25, -0.2) is 0 Å². The molecule has 0 aliphatic rings. The van der Waals surface area contributed by atoms with E-state index in [0.717, 1.165) is 0 Å². The van der Waals surface area contributed by atoms with Crippen molar-refractivity contribution in [1.82, 2.24) is 5.32 Å². The van der Waals surface area contributed by atoms with Crippen molar-refractivity contribution < 1.29 is 19.4 Å². The summed E-state index contributed by atoms with van der Waals surface area (Å²) in [5.74, 6) is -0.970. The number of ether oxygens (including phenoxy) is 1. The highest BCUT2D eigenvalue weighted by Crippen LogP contribution is 2.17. The standard InChI is InChI=1S/C16H24N2O4/c1-11(2)12-4-6-13(7-5-12)18-15(19)10-14(16(20)21)17-8-9-22-3/h4-7,11,14,17H,8-10H2,1-3H3,(H,18,19)(H,20,21). The number of amides is 1. The molecule has 6 nitrogen and oxygen atoms in total. The first-order chi connectivity index (χ1) is 10.4. The number of hydrogen-bond donors (Lipinski definition) is 3. The average Bonchev–Trinajstić information content (AvgIpc) is 2.46.